The highest BCUT2D eigenvalue weighted by molar-refractivity contribution is 9.10. The molecule has 1 atom stereocenters. The summed E-state index contributed by atoms with van der Waals surface area (Å²) in [5.74, 6) is -0.344. The fourth-order valence-corrected chi connectivity index (χ4v) is 2.00. The zero-order valence-corrected chi connectivity index (χ0v) is 10.8. The minimum absolute atomic E-state index is 0.342. The quantitative estimate of drug-likeness (QED) is 0.921. The van der Waals surface area contributed by atoms with E-state index in [1.807, 2.05) is 13.0 Å². The zero-order chi connectivity index (χ0) is 12.4. The Morgan fingerprint density at radius 1 is 1.24 bits per heavy atom. The molecule has 17 heavy (non-hydrogen) atoms. The molecule has 0 aliphatic carbocycles. The number of rotatable bonds is 2. The maximum absolute atomic E-state index is 13.1. The molecule has 0 spiro atoms. The average molecular weight is 296 g/mol. The second kappa shape index (κ2) is 4.94. The van der Waals surface area contributed by atoms with E-state index in [0.29, 0.717) is 15.6 Å². The molecule has 1 heterocycles. The van der Waals surface area contributed by atoms with Gasteiger partial charge in [-0.3, -0.25) is 4.98 Å². The molecule has 1 aromatic heterocycles. The van der Waals surface area contributed by atoms with Crippen molar-refractivity contribution >= 4 is 15.9 Å². The monoisotopic (exact) mass is 295 g/mol. The Morgan fingerprint density at radius 3 is 2.65 bits per heavy atom. The molecule has 0 bridgehead atoms. The van der Waals surface area contributed by atoms with Crippen LogP contribution < -0.4 is 0 Å². The number of aliphatic hydroxyl groups excluding tert-OH is 1. The summed E-state index contributed by atoms with van der Waals surface area (Å²) in [6, 6.07) is 6.32. The van der Waals surface area contributed by atoms with Crippen LogP contribution in [0.5, 0.6) is 0 Å². The molecule has 4 heteroatoms. The Morgan fingerprint density at radius 2 is 2.00 bits per heavy atom. The summed E-state index contributed by atoms with van der Waals surface area (Å²) in [5.41, 5.74) is 2.30. The molecule has 2 rings (SSSR count). The van der Waals surface area contributed by atoms with Crippen LogP contribution in [0.15, 0.2) is 41.1 Å². The average Bonchev–Trinajstić information content (AvgIpc) is 2.32. The van der Waals surface area contributed by atoms with Crippen molar-refractivity contribution in [1.29, 1.82) is 0 Å². The predicted molar refractivity (Wildman–Crippen MR) is 67.1 cm³/mol. The van der Waals surface area contributed by atoms with Crippen LogP contribution in [0.2, 0.25) is 0 Å². The molecule has 0 fully saturated rings. The molecule has 2 nitrogen and oxygen atoms in total. The summed E-state index contributed by atoms with van der Waals surface area (Å²) in [4.78, 5) is 4.02. The third kappa shape index (κ3) is 2.70. The Labute approximate surface area is 107 Å². The van der Waals surface area contributed by atoms with E-state index in [0.717, 1.165) is 5.56 Å². The molecule has 88 valence electrons. The number of hydrogen-bond acceptors (Lipinski definition) is 2. The third-order valence-electron chi connectivity index (χ3n) is 2.47. The molecule has 0 saturated heterocycles. The van der Waals surface area contributed by atoms with E-state index >= 15 is 0 Å². The first-order chi connectivity index (χ1) is 8.08. The van der Waals surface area contributed by atoms with Gasteiger partial charge in [0, 0.05) is 18.0 Å². The van der Waals surface area contributed by atoms with Gasteiger partial charge in [-0.2, -0.15) is 0 Å². The van der Waals surface area contributed by atoms with Crippen molar-refractivity contribution in [2.75, 3.05) is 0 Å². The van der Waals surface area contributed by atoms with E-state index in [1.165, 1.54) is 6.07 Å². The van der Waals surface area contributed by atoms with Gasteiger partial charge in [-0.25, -0.2) is 4.39 Å². The van der Waals surface area contributed by atoms with Crippen molar-refractivity contribution in [2.45, 2.75) is 13.0 Å². The van der Waals surface area contributed by atoms with Gasteiger partial charge in [0.05, 0.1) is 4.47 Å². The van der Waals surface area contributed by atoms with Gasteiger partial charge in [-0.15, -0.1) is 0 Å². The molecule has 0 aliphatic heterocycles. The molecule has 0 saturated carbocycles. The van der Waals surface area contributed by atoms with Crippen LogP contribution in [0.4, 0.5) is 4.39 Å². The van der Waals surface area contributed by atoms with Crippen molar-refractivity contribution in [1.82, 2.24) is 4.98 Å². The van der Waals surface area contributed by atoms with E-state index in [1.54, 1.807) is 24.5 Å². The molecule has 1 aromatic carbocycles. The van der Waals surface area contributed by atoms with Crippen molar-refractivity contribution in [2.24, 2.45) is 0 Å². The fourth-order valence-electron chi connectivity index (χ4n) is 1.60. The number of halogens is 2. The lowest BCUT2D eigenvalue weighted by Gasteiger charge is -2.12. The Bertz CT molecular complexity index is 545. The minimum Gasteiger partial charge on any atom is -0.384 e. The molecular weight excluding hydrogens is 285 g/mol. The zero-order valence-electron chi connectivity index (χ0n) is 9.19. The smallest absolute Gasteiger partial charge is 0.137 e. The van der Waals surface area contributed by atoms with Gasteiger partial charge < -0.3 is 5.11 Å². The van der Waals surface area contributed by atoms with E-state index in [2.05, 4.69) is 20.9 Å². The van der Waals surface area contributed by atoms with Gasteiger partial charge in [0.25, 0.3) is 0 Å². The first-order valence-corrected chi connectivity index (χ1v) is 5.92. The summed E-state index contributed by atoms with van der Waals surface area (Å²) in [7, 11) is 0. The van der Waals surface area contributed by atoms with Crippen LogP contribution in [0.1, 0.15) is 22.8 Å². The van der Waals surface area contributed by atoms with Crippen LogP contribution in [0, 0.1) is 12.7 Å². The summed E-state index contributed by atoms with van der Waals surface area (Å²) in [5, 5.41) is 10.1. The third-order valence-corrected chi connectivity index (χ3v) is 3.08. The molecule has 0 amide bonds. The van der Waals surface area contributed by atoms with Crippen molar-refractivity contribution < 1.29 is 9.50 Å². The fraction of sp³-hybridized carbons (Fsp3) is 0.154. The van der Waals surface area contributed by atoms with E-state index < -0.39 is 6.10 Å². The highest BCUT2D eigenvalue weighted by Crippen LogP contribution is 2.25. The van der Waals surface area contributed by atoms with Gasteiger partial charge in [0.15, 0.2) is 0 Å². The van der Waals surface area contributed by atoms with Crippen molar-refractivity contribution in [3.05, 3.63) is 63.6 Å². The van der Waals surface area contributed by atoms with Crippen LogP contribution >= 0.6 is 15.9 Å². The Balaban J connectivity index is 2.36. The second-order valence-electron chi connectivity index (χ2n) is 3.87. The van der Waals surface area contributed by atoms with E-state index in [4.69, 9.17) is 0 Å². The number of nitrogens with zero attached hydrogens (tertiary/aromatic N) is 1. The SMILES string of the molecule is Cc1cncc(C(O)c2ccc(F)c(Br)c2)c1. The van der Waals surface area contributed by atoms with Crippen LogP contribution in [0.25, 0.3) is 0 Å². The summed E-state index contributed by atoms with van der Waals surface area (Å²) in [6.45, 7) is 1.91. The maximum atomic E-state index is 13.1. The van der Waals surface area contributed by atoms with Crippen LogP contribution in [0.3, 0.4) is 0 Å². The molecule has 0 radical (unpaired) electrons. The first kappa shape index (κ1) is 12.2. The van der Waals surface area contributed by atoms with Gasteiger partial charge >= 0.3 is 0 Å². The standard InChI is InChI=1S/C13H11BrFNO/c1-8-4-10(7-16-6-8)13(17)9-2-3-12(15)11(14)5-9/h2-7,13,17H,1H3. The molecule has 2 aromatic rings. The topological polar surface area (TPSA) is 33.1 Å². The number of pyridine rings is 1. The van der Waals surface area contributed by atoms with E-state index in [9.17, 15) is 9.50 Å². The second-order valence-corrected chi connectivity index (χ2v) is 4.73. The molecule has 1 N–H and O–H groups in total. The van der Waals surface area contributed by atoms with Gasteiger partial charge in [0.1, 0.15) is 11.9 Å². The molecule has 1 unspecified atom stereocenters. The Hall–Kier alpha value is -1.26. The lowest BCUT2D eigenvalue weighted by Crippen LogP contribution is -2.01. The van der Waals surface area contributed by atoms with Gasteiger partial charge in [0.2, 0.25) is 0 Å². The first-order valence-electron chi connectivity index (χ1n) is 5.12. The van der Waals surface area contributed by atoms with Gasteiger partial charge in [-0.1, -0.05) is 12.1 Å². The number of aromatic nitrogens is 1. The van der Waals surface area contributed by atoms with Crippen LogP contribution in [-0.4, -0.2) is 10.1 Å². The summed E-state index contributed by atoms with van der Waals surface area (Å²) >= 11 is 3.10. The number of aliphatic hydroxyl groups is 1. The van der Waals surface area contributed by atoms with Crippen molar-refractivity contribution in [3.63, 3.8) is 0 Å². The molecule has 0 aliphatic rings. The minimum atomic E-state index is -0.792. The lowest BCUT2D eigenvalue weighted by molar-refractivity contribution is 0.219. The summed E-state index contributed by atoms with van der Waals surface area (Å²) < 4.78 is 13.4. The maximum Gasteiger partial charge on any atom is 0.137 e. The molecular formula is C13H11BrFNO. The highest BCUT2D eigenvalue weighted by Gasteiger charge is 2.12. The highest BCUT2D eigenvalue weighted by atomic mass is 79.9. The van der Waals surface area contributed by atoms with Gasteiger partial charge in [-0.05, 0) is 46.1 Å². The van der Waals surface area contributed by atoms with Crippen molar-refractivity contribution in [3.8, 4) is 0 Å². The lowest BCUT2D eigenvalue weighted by atomic mass is 10.0. The predicted octanol–water partition coefficient (Wildman–Crippen LogP) is 3.37. The van der Waals surface area contributed by atoms with E-state index in [-0.39, 0.29) is 5.82 Å². The van der Waals surface area contributed by atoms with Crippen LogP contribution in [-0.2, 0) is 0 Å². The number of aryl methyl sites for hydroxylation is 1. The Kier molecular flexibility index (Phi) is 3.54. The summed E-state index contributed by atoms with van der Waals surface area (Å²) in [6.07, 6.45) is 2.53. The number of hydrogen-bond donors (Lipinski definition) is 1. The number of benzene rings is 1. The normalized spacial score (nSPS) is 12.5. The largest absolute Gasteiger partial charge is 0.384 e.